The normalized spacial score (nSPS) is 22.2. The van der Waals surface area contributed by atoms with Crippen LogP contribution in [0.3, 0.4) is 0 Å². The van der Waals surface area contributed by atoms with Crippen molar-refractivity contribution < 1.29 is 9.53 Å². The first-order chi connectivity index (χ1) is 12.3. The fraction of sp³-hybridized carbons (Fsp3) is 0.824. The van der Waals surface area contributed by atoms with Gasteiger partial charge in [-0.1, -0.05) is 31.0 Å². The monoisotopic (exact) mass is 365 g/mol. The van der Waals surface area contributed by atoms with Gasteiger partial charge >= 0.3 is 0 Å². The van der Waals surface area contributed by atoms with E-state index in [4.69, 9.17) is 4.74 Å². The zero-order chi connectivity index (χ0) is 17.1. The van der Waals surface area contributed by atoms with Gasteiger partial charge < -0.3 is 15.0 Å². The topological polar surface area (TPSA) is 72.3 Å². The van der Waals surface area contributed by atoms with Crippen molar-refractivity contribution in [1.29, 1.82) is 0 Å². The van der Waals surface area contributed by atoms with E-state index >= 15 is 0 Å². The van der Waals surface area contributed by atoms with Crippen LogP contribution >= 0.6 is 11.8 Å². The van der Waals surface area contributed by atoms with E-state index in [-0.39, 0.29) is 5.91 Å². The van der Waals surface area contributed by atoms with Gasteiger partial charge in [-0.2, -0.15) is 0 Å². The summed E-state index contributed by atoms with van der Waals surface area (Å²) in [7, 11) is 0. The molecule has 1 saturated heterocycles. The van der Waals surface area contributed by atoms with E-state index in [1.54, 1.807) is 0 Å². The van der Waals surface area contributed by atoms with Gasteiger partial charge in [0.25, 0.3) is 0 Å². The lowest BCUT2D eigenvalue weighted by Crippen LogP contribution is -2.38. The lowest BCUT2D eigenvalue weighted by Gasteiger charge is -2.28. The minimum Gasteiger partial charge on any atom is -0.378 e. The average molecular weight is 366 g/mol. The second-order valence-corrected chi connectivity index (χ2v) is 8.12. The van der Waals surface area contributed by atoms with Crippen molar-refractivity contribution in [2.45, 2.75) is 62.2 Å². The molecule has 1 aromatic heterocycles. The molecular weight excluding hydrogens is 338 g/mol. The van der Waals surface area contributed by atoms with Crippen molar-refractivity contribution >= 4 is 23.6 Å². The Kier molecular flexibility index (Phi) is 5.45. The number of rotatable bonds is 6. The van der Waals surface area contributed by atoms with E-state index in [1.807, 2.05) is 0 Å². The highest BCUT2D eigenvalue weighted by atomic mass is 32.2. The summed E-state index contributed by atoms with van der Waals surface area (Å²) in [6.45, 7) is 3.20. The van der Waals surface area contributed by atoms with E-state index in [0.717, 1.165) is 50.2 Å². The number of ether oxygens (including phenoxy) is 1. The molecule has 3 aliphatic rings. The molecule has 0 aromatic carbocycles. The maximum atomic E-state index is 12.3. The minimum atomic E-state index is 0.121. The van der Waals surface area contributed by atoms with Crippen LogP contribution in [0.4, 0.5) is 5.95 Å². The quantitative estimate of drug-likeness (QED) is 0.778. The van der Waals surface area contributed by atoms with Crippen LogP contribution in [-0.2, 0) is 9.53 Å². The van der Waals surface area contributed by atoms with Gasteiger partial charge in [0.15, 0.2) is 5.16 Å². The third-order valence-electron chi connectivity index (χ3n) is 5.16. The van der Waals surface area contributed by atoms with Crippen molar-refractivity contribution in [3.63, 3.8) is 0 Å². The fourth-order valence-corrected chi connectivity index (χ4v) is 4.46. The Labute approximate surface area is 152 Å². The van der Waals surface area contributed by atoms with Gasteiger partial charge in [0.05, 0.1) is 19.0 Å². The fourth-order valence-electron chi connectivity index (χ4n) is 3.65. The van der Waals surface area contributed by atoms with Crippen LogP contribution in [0.25, 0.3) is 0 Å². The summed E-state index contributed by atoms with van der Waals surface area (Å²) in [5.74, 6) is 1.49. The molecule has 2 heterocycles. The summed E-state index contributed by atoms with van der Waals surface area (Å²) < 4.78 is 7.68. The number of anilines is 1. The Hall–Kier alpha value is -1.28. The number of carbonyl (C=O) groups excluding carboxylic acids is 1. The molecule has 2 saturated carbocycles. The molecule has 1 aromatic rings. The van der Waals surface area contributed by atoms with Gasteiger partial charge in [0.1, 0.15) is 0 Å². The molecule has 7 nitrogen and oxygen atoms in total. The first-order valence-electron chi connectivity index (χ1n) is 9.51. The highest BCUT2D eigenvalue weighted by molar-refractivity contribution is 7.99. The van der Waals surface area contributed by atoms with Crippen LogP contribution in [0.15, 0.2) is 5.16 Å². The Morgan fingerprint density at radius 1 is 1.12 bits per heavy atom. The van der Waals surface area contributed by atoms with Crippen molar-refractivity contribution in [3.05, 3.63) is 0 Å². The van der Waals surface area contributed by atoms with Crippen LogP contribution < -0.4 is 10.2 Å². The summed E-state index contributed by atoms with van der Waals surface area (Å²) in [5, 5.41) is 12.9. The molecule has 1 aliphatic heterocycles. The van der Waals surface area contributed by atoms with Crippen molar-refractivity contribution in [3.8, 4) is 0 Å². The lowest BCUT2D eigenvalue weighted by molar-refractivity contribution is -0.119. The third kappa shape index (κ3) is 4.28. The molecular formula is C17H27N5O2S. The number of amides is 1. The second kappa shape index (κ2) is 7.95. The minimum absolute atomic E-state index is 0.121. The summed E-state index contributed by atoms with van der Waals surface area (Å²) in [6.07, 6.45) is 8.37. The molecule has 2 aliphatic carbocycles. The van der Waals surface area contributed by atoms with E-state index < -0.39 is 0 Å². The van der Waals surface area contributed by atoms with Crippen LogP contribution in [0.5, 0.6) is 0 Å². The first kappa shape index (κ1) is 17.1. The molecule has 25 heavy (non-hydrogen) atoms. The van der Waals surface area contributed by atoms with Crippen LogP contribution in [0.2, 0.25) is 0 Å². The number of thioether (sulfide) groups is 1. The zero-order valence-electron chi connectivity index (χ0n) is 14.7. The molecule has 3 fully saturated rings. The molecule has 0 unspecified atom stereocenters. The van der Waals surface area contributed by atoms with Gasteiger partial charge in [0, 0.05) is 25.2 Å². The largest absolute Gasteiger partial charge is 0.378 e. The standard InChI is InChI=1S/C17H27N5O2S/c23-15(18-13-4-2-1-3-5-13)12-25-17-20-19-16(22(17)14-6-7-14)21-8-10-24-11-9-21/h13-14H,1-12H2,(H,18,23). The molecule has 4 rings (SSSR count). The van der Waals surface area contributed by atoms with Gasteiger partial charge in [-0.3, -0.25) is 9.36 Å². The van der Waals surface area contributed by atoms with Gasteiger partial charge in [-0.25, -0.2) is 0 Å². The second-order valence-electron chi connectivity index (χ2n) is 7.17. The number of aromatic nitrogens is 3. The molecule has 0 bridgehead atoms. The molecule has 8 heteroatoms. The zero-order valence-corrected chi connectivity index (χ0v) is 15.5. The third-order valence-corrected chi connectivity index (χ3v) is 6.10. The number of carbonyl (C=O) groups is 1. The number of morpholine rings is 1. The van der Waals surface area contributed by atoms with Crippen LogP contribution in [0.1, 0.15) is 51.0 Å². The van der Waals surface area contributed by atoms with Gasteiger partial charge in [0.2, 0.25) is 11.9 Å². The molecule has 1 amide bonds. The Balaban J connectivity index is 1.36. The number of nitrogens with one attached hydrogen (secondary N) is 1. The maximum Gasteiger partial charge on any atom is 0.230 e. The lowest BCUT2D eigenvalue weighted by atomic mass is 9.95. The first-order valence-corrected chi connectivity index (χ1v) is 10.5. The van der Waals surface area contributed by atoms with Crippen molar-refractivity contribution in [2.24, 2.45) is 0 Å². The van der Waals surface area contributed by atoms with Crippen LogP contribution in [0, 0.1) is 0 Å². The predicted molar refractivity (Wildman–Crippen MR) is 97.1 cm³/mol. The Morgan fingerprint density at radius 2 is 1.88 bits per heavy atom. The molecule has 0 atom stereocenters. The highest BCUT2D eigenvalue weighted by Crippen LogP contribution is 2.41. The highest BCUT2D eigenvalue weighted by Gasteiger charge is 2.32. The Bertz CT molecular complexity index is 592. The summed E-state index contributed by atoms with van der Waals surface area (Å²) in [5.41, 5.74) is 0. The van der Waals surface area contributed by atoms with E-state index in [0.29, 0.717) is 17.8 Å². The number of hydrogen-bond acceptors (Lipinski definition) is 6. The average Bonchev–Trinajstić information content (AvgIpc) is 3.40. The summed E-state index contributed by atoms with van der Waals surface area (Å²) in [6, 6.07) is 0.865. The Morgan fingerprint density at radius 3 is 2.60 bits per heavy atom. The van der Waals surface area contributed by atoms with E-state index in [9.17, 15) is 4.79 Å². The SMILES string of the molecule is O=C(CSc1nnc(N2CCOCC2)n1C1CC1)NC1CCCCC1. The van der Waals surface area contributed by atoms with Crippen LogP contribution in [-0.4, -0.2) is 58.8 Å². The summed E-state index contributed by atoms with van der Waals surface area (Å²) in [4.78, 5) is 14.5. The molecule has 138 valence electrons. The molecule has 0 radical (unpaired) electrons. The molecule has 1 N–H and O–H groups in total. The van der Waals surface area contributed by atoms with E-state index in [2.05, 4.69) is 25.0 Å². The number of nitrogens with zero attached hydrogens (tertiary/aromatic N) is 4. The smallest absolute Gasteiger partial charge is 0.230 e. The van der Waals surface area contributed by atoms with Crippen molar-refractivity contribution in [2.75, 3.05) is 37.0 Å². The van der Waals surface area contributed by atoms with E-state index in [1.165, 1.54) is 43.9 Å². The molecule has 0 spiro atoms. The van der Waals surface area contributed by atoms with Gasteiger partial charge in [-0.15, -0.1) is 10.2 Å². The van der Waals surface area contributed by atoms with Gasteiger partial charge in [-0.05, 0) is 25.7 Å². The van der Waals surface area contributed by atoms with Crippen molar-refractivity contribution in [1.82, 2.24) is 20.1 Å². The predicted octanol–water partition coefficient (Wildman–Crippen LogP) is 1.99. The maximum absolute atomic E-state index is 12.3. The number of hydrogen-bond donors (Lipinski definition) is 1. The summed E-state index contributed by atoms with van der Waals surface area (Å²) >= 11 is 1.52.